The molecule has 1 N–H and O–H groups in total. The Morgan fingerprint density at radius 3 is 2.40 bits per heavy atom. The normalized spacial score (nSPS) is 29.4. The lowest BCUT2D eigenvalue weighted by Crippen LogP contribution is -2.21. The summed E-state index contributed by atoms with van der Waals surface area (Å²) in [7, 11) is 2.13. The van der Waals surface area contributed by atoms with Crippen LogP contribution in [-0.4, -0.2) is 7.05 Å². The average molecular weight is 265 g/mol. The third-order valence-corrected chi connectivity index (χ3v) is 5.68. The van der Waals surface area contributed by atoms with Gasteiger partial charge in [0.1, 0.15) is 0 Å². The van der Waals surface area contributed by atoms with Crippen molar-refractivity contribution in [3.8, 4) is 0 Å². The van der Waals surface area contributed by atoms with Crippen molar-refractivity contribution >= 4 is 10.8 Å². The molecule has 4 rings (SSSR count). The molecule has 1 nitrogen and oxygen atoms in total. The largest absolute Gasteiger partial charge is 0.313 e. The van der Waals surface area contributed by atoms with Gasteiger partial charge in [0.05, 0.1) is 0 Å². The number of nitrogens with one attached hydrogen (secondary N) is 1. The van der Waals surface area contributed by atoms with Crippen LogP contribution in [0.15, 0.2) is 36.4 Å². The van der Waals surface area contributed by atoms with Crippen molar-refractivity contribution in [2.45, 2.75) is 32.2 Å². The molecule has 2 saturated carbocycles. The Kier molecular flexibility index (Phi) is 2.85. The molecule has 0 spiro atoms. The monoisotopic (exact) mass is 265 g/mol. The van der Waals surface area contributed by atoms with E-state index in [-0.39, 0.29) is 0 Å². The van der Waals surface area contributed by atoms with E-state index in [4.69, 9.17) is 0 Å². The van der Waals surface area contributed by atoms with Gasteiger partial charge in [-0.05, 0) is 66.5 Å². The Hall–Kier alpha value is -1.34. The van der Waals surface area contributed by atoms with Crippen LogP contribution in [0.3, 0.4) is 0 Å². The van der Waals surface area contributed by atoms with Crippen LogP contribution in [0.5, 0.6) is 0 Å². The molecule has 2 aliphatic rings. The van der Waals surface area contributed by atoms with E-state index >= 15 is 0 Å². The second kappa shape index (κ2) is 4.60. The van der Waals surface area contributed by atoms with Gasteiger partial charge >= 0.3 is 0 Å². The summed E-state index contributed by atoms with van der Waals surface area (Å²) in [5, 5.41) is 6.48. The van der Waals surface area contributed by atoms with E-state index < -0.39 is 0 Å². The number of fused-ring (bicyclic) bond motifs is 2. The van der Waals surface area contributed by atoms with E-state index in [1.54, 1.807) is 0 Å². The van der Waals surface area contributed by atoms with Gasteiger partial charge in [-0.3, -0.25) is 0 Å². The van der Waals surface area contributed by atoms with Crippen LogP contribution < -0.4 is 5.32 Å². The van der Waals surface area contributed by atoms with Gasteiger partial charge in [0.25, 0.3) is 0 Å². The smallest absolute Gasteiger partial charge is 0.0357 e. The molecule has 3 unspecified atom stereocenters. The van der Waals surface area contributed by atoms with E-state index in [2.05, 4.69) is 55.7 Å². The lowest BCUT2D eigenvalue weighted by Gasteiger charge is -2.21. The Morgan fingerprint density at radius 2 is 1.70 bits per heavy atom. The van der Waals surface area contributed by atoms with E-state index in [1.807, 2.05) is 0 Å². The maximum atomic E-state index is 3.62. The van der Waals surface area contributed by atoms with Crippen LogP contribution in [0.25, 0.3) is 10.8 Å². The summed E-state index contributed by atoms with van der Waals surface area (Å²) in [6.07, 6.45) is 4.37. The molecule has 104 valence electrons. The molecule has 2 aromatic carbocycles. The predicted octanol–water partition coefficient (Wildman–Crippen LogP) is 4.45. The molecule has 0 heterocycles. The van der Waals surface area contributed by atoms with Crippen LogP contribution in [0, 0.1) is 24.7 Å². The minimum absolute atomic E-state index is 0.538. The average Bonchev–Trinajstić information content (AvgIpc) is 2.94. The van der Waals surface area contributed by atoms with E-state index in [0.717, 1.165) is 17.8 Å². The number of hydrogen-bond acceptors (Lipinski definition) is 1. The maximum absolute atomic E-state index is 3.62. The first-order chi connectivity index (χ1) is 9.81. The van der Waals surface area contributed by atoms with Gasteiger partial charge < -0.3 is 5.32 Å². The molecule has 0 bridgehead atoms. The topological polar surface area (TPSA) is 12.0 Å². The third-order valence-electron chi connectivity index (χ3n) is 5.68. The highest BCUT2D eigenvalue weighted by molar-refractivity contribution is 5.89. The zero-order valence-corrected chi connectivity index (χ0v) is 12.4. The third kappa shape index (κ3) is 1.73. The van der Waals surface area contributed by atoms with Crippen molar-refractivity contribution in [1.82, 2.24) is 5.32 Å². The second-order valence-corrected chi connectivity index (χ2v) is 6.62. The fourth-order valence-corrected chi connectivity index (χ4v) is 4.67. The van der Waals surface area contributed by atoms with Gasteiger partial charge in [-0.2, -0.15) is 0 Å². The highest BCUT2D eigenvalue weighted by atomic mass is 14.9. The van der Waals surface area contributed by atoms with Crippen LogP contribution in [0.2, 0.25) is 0 Å². The van der Waals surface area contributed by atoms with Gasteiger partial charge in [-0.15, -0.1) is 0 Å². The van der Waals surface area contributed by atoms with E-state index in [0.29, 0.717) is 6.04 Å². The first-order valence-corrected chi connectivity index (χ1v) is 7.97. The van der Waals surface area contributed by atoms with Crippen molar-refractivity contribution in [2.24, 2.45) is 17.8 Å². The van der Waals surface area contributed by atoms with E-state index in [1.165, 1.54) is 41.2 Å². The first kappa shape index (κ1) is 12.4. The molecular weight excluding hydrogens is 242 g/mol. The fourth-order valence-electron chi connectivity index (χ4n) is 4.67. The Labute approximate surface area is 121 Å². The van der Waals surface area contributed by atoms with Gasteiger partial charge in [0.2, 0.25) is 0 Å². The maximum Gasteiger partial charge on any atom is 0.0357 e. The van der Waals surface area contributed by atoms with E-state index in [9.17, 15) is 0 Å². The lowest BCUT2D eigenvalue weighted by molar-refractivity contribution is 0.447. The standard InChI is InChI=1S/C19H23N/c1-12-10-11-17(14-7-4-3-6-13(12)14)19(20-2)18-15-8-5-9-16(15)18/h3-4,6-7,10-11,15-16,18-20H,5,8-9H2,1-2H3. The highest BCUT2D eigenvalue weighted by Crippen LogP contribution is 2.62. The van der Waals surface area contributed by atoms with Crippen molar-refractivity contribution < 1.29 is 0 Å². The van der Waals surface area contributed by atoms with Crippen molar-refractivity contribution in [3.05, 3.63) is 47.5 Å². The highest BCUT2D eigenvalue weighted by Gasteiger charge is 2.55. The molecule has 0 radical (unpaired) electrons. The summed E-state index contributed by atoms with van der Waals surface area (Å²) in [6.45, 7) is 2.21. The molecule has 0 aliphatic heterocycles. The van der Waals surface area contributed by atoms with Gasteiger partial charge in [0.15, 0.2) is 0 Å². The molecule has 0 amide bonds. The quantitative estimate of drug-likeness (QED) is 0.864. The zero-order valence-electron chi connectivity index (χ0n) is 12.4. The SMILES string of the molecule is CNC(c1ccc(C)c2ccccc12)C1C2CCCC21. The second-order valence-electron chi connectivity index (χ2n) is 6.62. The molecule has 3 atom stereocenters. The number of aryl methyl sites for hydroxylation is 1. The predicted molar refractivity (Wildman–Crippen MR) is 84.8 cm³/mol. The Morgan fingerprint density at radius 1 is 1.00 bits per heavy atom. The number of rotatable bonds is 3. The summed E-state index contributed by atoms with van der Waals surface area (Å²) in [5.41, 5.74) is 2.89. The number of hydrogen-bond donors (Lipinski definition) is 1. The van der Waals surface area contributed by atoms with Crippen molar-refractivity contribution in [3.63, 3.8) is 0 Å². The lowest BCUT2D eigenvalue weighted by atomic mass is 9.91. The van der Waals surface area contributed by atoms with Crippen LogP contribution in [0.1, 0.15) is 36.4 Å². The summed E-state index contributed by atoms with van der Waals surface area (Å²) < 4.78 is 0. The van der Waals surface area contributed by atoms with Crippen molar-refractivity contribution in [1.29, 1.82) is 0 Å². The molecule has 0 saturated heterocycles. The molecular formula is C19H23N. The van der Waals surface area contributed by atoms with Crippen LogP contribution in [-0.2, 0) is 0 Å². The van der Waals surface area contributed by atoms with Crippen LogP contribution >= 0.6 is 0 Å². The van der Waals surface area contributed by atoms with Crippen molar-refractivity contribution in [2.75, 3.05) is 7.05 Å². The summed E-state index contributed by atoms with van der Waals surface area (Å²) in [6, 6.07) is 14.1. The van der Waals surface area contributed by atoms with Gasteiger partial charge in [-0.1, -0.05) is 42.8 Å². The first-order valence-electron chi connectivity index (χ1n) is 7.97. The van der Waals surface area contributed by atoms with Gasteiger partial charge in [0, 0.05) is 6.04 Å². The number of benzene rings is 2. The van der Waals surface area contributed by atoms with Crippen LogP contribution in [0.4, 0.5) is 0 Å². The van der Waals surface area contributed by atoms with Gasteiger partial charge in [-0.25, -0.2) is 0 Å². The zero-order chi connectivity index (χ0) is 13.7. The molecule has 0 aromatic heterocycles. The molecule has 2 fully saturated rings. The molecule has 1 heteroatoms. The molecule has 20 heavy (non-hydrogen) atoms. The minimum Gasteiger partial charge on any atom is -0.313 e. The summed E-state index contributed by atoms with van der Waals surface area (Å²) >= 11 is 0. The molecule has 2 aliphatic carbocycles. The Balaban J connectivity index is 1.79. The Bertz CT molecular complexity index is 635. The minimum atomic E-state index is 0.538. The summed E-state index contributed by atoms with van der Waals surface area (Å²) in [5.74, 6) is 2.86. The summed E-state index contributed by atoms with van der Waals surface area (Å²) in [4.78, 5) is 0. The fraction of sp³-hybridized carbons (Fsp3) is 0.474. The molecule has 2 aromatic rings.